The summed E-state index contributed by atoms with van der Waals surface area (Å²) in [5.41, 5.74) is 0.201. The molecule has 0 bridgehead atoms. The van der Waals surface area contributed by atoms with Crippen LogP contribution in [0.15, 0.2) is 29.3 Å². The van der Waals surface area contributed by atoms with E-state index in [0.717, 1.165) is 13.0 Å². The van der Waals surface area contributed by atoms with Crippen molar-refractivity contribution in [1.29, 1.82) is 0 Å². The van der Waals surface area contributed by atoms with Crippen molar-refractivity contribution in [3.63, 3.8) is 0 Å². The summed E-state index contributed by atoms with van der Waals surface area (Å²) in [6, 6.07) is 4.14. The maximum atomic E-state index is 13.9. The second kappa shape index (κ2) is 4.85. The average molecular weight is 308 g/mol. The molecule has 1 aromatic carbocycles. The van der Waals surface area contributed by atoms with Gasteiger partial charge in [-0.2, -0.15) is 13.2 Å². The van der Waals surface area contributed by atoms with Crippen LogP contribution < -0.4 is 5.73 Å². The number of rotatable bonds is 2. The predicted molar refractivity (Wildman–Crippen MR) is 65.8 cm³/mol. The van der Waals surface area contributed by atoms with Crippen LogP contribution in [0.5, 0.6) is 0 Å². The van der Waals surface area contributed by atoms with E-state index in [1.54, 1.807) is 0 Å². The van der Waals surface area contributed by atoms with E-state index < -0.39 is 42.3 Å². The van der Waals surface area contributed by atoms with Gasteiger partial charge in [0.1, 0.15) is 18.0 Å². The second-order valence-corrected chi connectivity index (χ2v) is 5.10. The van der Waals surface area contributed by atoms with Crippen molar-refractivity contribution in [1.82, 2.24) is 0 Å². The van der Waals surface area contributed by atoms with Gasteiger partial charge in [0.05, 0.1) is 0 Å². The molecule has 2 N–H and O–H groups in total. The molecule has 3 nitrogen and oxygen atoms in total. The largest absolute Gasteiger partial charge is 0.449 e. The summed E-state index contributed by atoms with van der Waals surface area (Å²) in [5, 5.41) is 0. The molecule has 1 heterocycles. The van der Waals surface area contributed by atoms with E-state index in [0.29, 0.717) is 0 Å². The Hall–Kier alpha value is -1.86. The lowest BCUT2D eigenvalue weighted by Crippen LogP contribution is -2.56. The average Bonchev–Trinajstić information content (AvgIpc) is 2.36. The Bertz CT molecular complexity index is 574. The number of alkyl halides is 4. The number of hydrogen-bond donors (Lipinski definition) is 1. The molecule has 0 saturated carbocycles. The van der Waals surface area contributed by atoms with Crippen molar-refractivity contribution in [3.8, 4) is 0 Å². The molecule has 0 unspecified atom stereocenters. The molecular weight excluding hydrogens is 295 g/mol. The van der Waals surface area contributed by atoms with Gasteiger partial charge >= 0.3 is 6.18 Å². The van der Waals surface area contributed by atoms with E-state index in [-0.39, 0.29) is 5.56 Å². The Morgan fingerprint density at radius 2 is 1.95 bits per heavy atom. The first-order chi connectivity index (χ1) is 9.63. The lowest BCUT2D eigenvalue weighted by Gasteiger charge is -2.42. The summed E-state index contributed by atoms with van der Waals surface area (Å²) in [4.78, 5) is 3.63. The number of hydrogen-bond acceptors (Lipinski definition) is 3. The SMILES string of the molecule is C[C@@]1(C(F)(F)F)C[C@@](CF)(c2ccccc2F)N=C(N)O1. The van der Waals surface area contributed by atoms with Gasteiger partial charge in [0, 0.05) is 12.0 Å². The van der Waals surface area contributed by atoms with Gasteiger partial charge < -0.3 is 10.5 Å². The van der Waals surface area contributed by atoms with Gasteiger partial charge in [-0.3, -0.25) is 0 Å². The lowest BCUT2D eigenvalue weighted by atomic mass is 9.79. The summed E-state index contributed by atoms with van der Waals surface area (Å²) in [5.74, 6) is -0.849. The quantitative estimate of drug-likeness (QED) is 0.854. The molecule has 0 amide bonds. The maximum Gasteiger partial charge on any atom is 0.428 e. The van der Waals surface area contributed by atoms with E-state index in [1.807, 2.05) is 0 Å². The summed E-state index contributed by atoms with van der Waals surface area (Å²) < 4.78 is 71.4. The zero-order chi connectivity index (χ0) is 15.9. The van der Waals surface area contributed by atoms with Crippen LogP contribution in [-0.4, -0.2) is 24.5 Å². The molecule has 1 aliphatic heterocycles. The zero-order valence-corrected chi connectivity index (χ0v) is 11.0. The lowest BCUT2D eigenvalue weighted by molar-refractivity contribution is -0.258. The molecule has 8 heteroatoms. The minimum atomic E-state index is -4.81. The molecule has 1 aliphatic rings. The first-order valence-electron chi connectivity index (χ1n) is 6.06. The van der Waals surface area contributed by atoms with Crippen LogP contribution in [-0.2, 0) is 10.3 Å². The first-order valence-corrected chi connectivity index (χ1v) is 6.06. The van der Waals surface area contributed by atoms with Crippen LogP contribution in [0.4, 0.5) is 22.0 Å². The number of halogens is 5. The molecule has 1 aromatic rings. The highest BCUT2D eigenvalue weighted by Gasteiger charge is 2.60. The second-order valence-electron chi connectivity index (χ2n) is 5.10. The summed E-state index contributed by atoms with van der Waals surface area (Å²) in [7, 11) is 0. The standard InChI is InChI=1S/C13H13F5N2O/c1-11(13(16,17)18)6-12(7-14,20-10(19)21-11)8-4-2-3-5-9(8)15/h2-5H,6-7H2,1H3,(H2,19,20)/t11-,12+/m0/s1. The van der Waals surface area contributed by atoms with E-state index >= 15 is 0 Å². The molecule has 0 spiro atoms. The van der Waals surface area contributed by atoms with Crippen molar-refractivity contribution in [2.45, 2.75) is 30.7 Å². The van der Waals surface area contributed by atoms with Crippen LogP contribution in [0.3, 0.4) is 0 Å². The smallest absolute Gasteiger partial charge is 0.428 e. The maximum absolute atomic E-state index is 13.9. The van der Waals surface area contributed by atoms with Crippen molar-refractivity contribution in [3.05, 3.63) is 35.6 Å². The molecule has 0 saturated heterocycles. The Balaban J connectivity index is 2.59. The van der Waals surface area contributed by atoms with Gasteiger partial charge in [0.15, 0.2) is 0 Å². The highest BCUT2D eigenvalue weighted by atomic mass is 19.4. The van der Waals surface area contributed by atoms with Crippen LogP contribution in [0.1, 0.15) is 18.9 Å². The first kappa shape index (κ1) is 15.5. The summed E-state index contributed by atoms with van der Waals surface area (Å²) in [6.45, 7) is -0.594. The highest BCUT2D eigenvalue weighted by Crippen LogP contribution is 2.47. The summed E-state index contributed by atoms with van der Waals surface area (Å²) >= 11 is 0. The fourth-order valence-corrected chi connectivity index (χ4v) is 2.40. The van der Waals surface area contributed by atoms with Gasteiger partial charge in [-0.15, -0.1) is 0 Å². The molecule has 116 valence electrons. The molecule has 2 rings (SSSR count). The van der Waals surface area contributed by atoms with Crippen molar-refractivity contribution in [2.75, 3.05) is 6.67 Å². The Kier molecular flexibility index (Phi) is 3.59. The number of ether oxygens (including phenoxy) is 1. The van der Waals surface area contributed by atoms with Gasteiger partial charge in [-0.25, -0.2) is 13.8 Å². The van der Waals surface area contributed by atoms with Gasteiger partial charge in [0.25, 0.3) is 6.02 Å². The molecule has 0 aromatic heterocycles. The number of nitrogens with two attached hydrogens (primary N) is 1. The van der Waals surface area contributed by atoms with Crippen molar-refractivity contribution < 1.29 is 26.7 Å². The molecular formula is C13H13F5N2O. The summed E-state index contributed by atoms with van der Waals surface area (Å²) in [6.07, 6.45) is -5.71. The number of amidine groups is 1. The van der Waals surface area contributed by atoms with Crippen LogP contribution in [0.25, 0.3) is 0 Å². The topological polar surface area (TPSA) is 47.6 Å². The molecule has 2 atom stereocenters. The highest BCUT2D eigenvalue weighted by molar-refractivity contribution is 5.73. The van der Waals surface area contributed by atoms with Crippen molar-refractivity contribution >= 4 is 6.02 Å². The Morgan fingerprint density at radius 1 is 1.33 bits per heavy atom. The Labute approximate surface area is 117 Å². The third kappa shape index (κ3) is 2.54. The predicted octanol–water partition coefficient (Wildman–Crippen LogP) is 3.05. The number of benzene rings is 1. The fraction of sp³-hybridized carbons (Fsp3) is 0.462. The fourth-order valence-electron chi connectivity index (χ4n) is 2.40. The number of nitrogens with zero attached hydrogens (tertiary/aromatic N) is 1. The van der Waals surface area contributed by atoms with Gasteiger partial charge in [-0.05, 0) is 13.0 Å². The third-order valence-electron chi connectivity index (χ3n) is 3.48. The van der Waals surface area contributed by atoms with Crippen molar-refractivity contribution in [2.24, 2.45) is 10.7 Å². The van der Waals surface area contributed by atoms with E-state index in [9.17, 15) is 22.0 Å². The third-order valence-corrected chi connectivity index (χ3v) is 3.48. The van der Waals surface area contributed by atoms with E-state index in [2.05, 4.69) is 9.73 Å². The molecule has 21 heavy (non-hydrogen) atoms. The van der Waals surface area contributed by atoms with Gasteiger partial charge in [0.2, 0.25) is 5.60 Å². The minimum Gasteiger partial charge on any atom is -0.449 e. The van der Waals surface area contributed by atoms with E-state index in [4.69, 9.17) is 5.73 Å². The minimum absolute atomic E-state index is 0.283. The number of aliphatic imine (C=N–C) groups is 1. The van der Waals surface area contributed by atoms with Crippen LogP contribution in [0, 0.1) is 5.82 Å². The normalized spacial score (nSPS) is 29.7. The van der Waals surface area contributed by atoms with Crippen LogP contribution >= 0.6 is 0 Å². The van der Waals surface area contributed by atoms with Crippen LogP contribution in [0.2, 0.25) is 0 Å². The molecule has 0 aliphatic carbocycles. The monoisotopic (exact) mass is 308 g/mol. The van der Waals surface area contributed by atoms with E-state index in [1.165, 1.54) is 18.2 Å². The Morgan fingerprint density at radius 3 is 2.48 bits per heavy atom. The zero-order valence-electron chi connectivity index (χ0n) is 11.0. The van der Waals surface area contributed by atoms with Gasteiger partial charge in [-0.1, -0.05) is 18.2 Å². The molecule has 0 radical (unpaired) electrons. The molecule has 0 fully saturated rings.